The Balaban J connectivity index is 1.64. The number of thiazole rings is 1. The molecule has 8 heteroatoms. The number of benzene rings is 1. The molecule has 0 aliphatic carbocycles. The Labute approximate surface area is 140 Å². The summed E-state index contributed by atoms with van der Waals surface area (Å²) < 4.78 is 5.00. The predicted octanol–water partition coefficient (Wildman–Crippen LogP) is 1.83. The number of hydrogen-bond acceptors (Lipinski definition) is 6. The van der Waals surface area contributed by atoms with Gasteiger partial charge in [0.2, 0.25) is 0 Å². The average molecular weight is 343 g/mol. The molecule has 4 rings (SSSR count). The lowest BCUT2D eigenvalue weighted by molar-refractivity contribution is -0.115. The van der Waals surface area contributed by atoms with Crippen molar-refractivity contribution in [3.63, 3.8) is 0 Å². The molecular formula is C15H9N3O3S2. The summed E-state index contributed by atoms with van der Waals surface area (Å²) in [5.74, 6) is -0.551. The number of fused-ring (bicyclic) bond motifs is 1. The maximum absolute atomic E-state index is 11.6. The number of carbonyl (C=O) groups is 2. The highest BCUT2D eigenvalue weighted by atomic mass is 32.1. The molecule has 2 aliphatic heterocycles. The first kappa shape index (κ1) is 14.0. The van der Waals surface area contributed by atoms with Crippen molar-refractivity contribution in [2.45, 2.75) is 6.61 Å². The van der Waals surface area contributed by atoms with E-state index in [2.05, 4.69) is 15.6 Å². The summed E-state index contributed by atoms with van der Waals surface area (Å²) in [4.78, 5) is 27.6. The first-order valence-electron chi connectivity index (χ1n) is 6.70. The Kier molecular flexibility index (Phi) is 3.21. The molecule has 1 aromatic carbocycles. The fourth-order valence-corrected chi connectivity index (χ4v) is 3.35. The number of rotatable bonds is 2. The standard InChI is InChI=1S/C15H9N3O3S2/c19-13-10(17-15(22)18-13)4-12-16-11(6-23-12)7-1-2-9-8(3-7)5-21-14(9)20/h1-4,6H,5H2,(H2,17,18,19,22)/b10-4+. The number of nitrogens with zero attached hydrogens (tertiary/aromatic N) is 1. The van der Waals surface area contributed by atoms with Crippen LogP contribution in [0.5, 0.6) is 0 Å². The topological polar surface area (TPSA) is 80.3 Å². The number of ether oxygens (including phenoxy) is 1. The summed E-state index contributed by atoms with van der Waals surface area (Å²) in [6.45, 7) is 0.296. The quantitative estimate of drug-likeness (QED) is 0.492. The van der Waals surface area contributed by atoms with Gasteiger partial charge in [0.1, 0.15) is 17.3 Å². The second-order valence-electron chi connectivity index (χ2n) is 4.99. The number of cyclic esters (lactones) is 1. The fourth-order valence-electron chi connectivity index (χ4n) is 2.39. The Morgan fingerprint density at radius 1 is 1.30 bits per heavy atom. The van der Waals surface area contributed by atoms with Crippen LogP contribution in [0, 0.1) is 0 Å². The molecule has 1 fully saturated rings. The molecule has 2 aromatic rings. The third-order valence-corrected chi connectivity index (χ3v) is 4.49. The molecule has 0 spiro atoms. The number of hydrogen-bond donors (Lipinski definition) is 2. The summed E-state index contributed by atoms with van der Waals surface area (Å²) in [6.07, 6.45) is 1.66. The molecular weight excluding hydrogens is 334 g/mol. The number of nitrogens with one attached hydrogen (secondary N) is 2. The van der Waals surface area contributed by atoms with Gasteiger partial charge in [0, 0.05) is 22.6 Å². The number of amides is 1. The van der Waals surface area contributed by atoms with Gasteiger partial charge in [-0.1, -0.05) is 6.07 Å². The largest absolute Gasteiger partial charge is 0.457 e. The van der Waals surface area contributed by atoms with E-state index >= 15 is 0 Å². The molecule has 3 heterocycles. The first-order chi connectivity index (χ1) is 11.1. The smallest absolute Gasteiger partial charge is 0.338 e. The van der Waals surface area contributed by atoms with Crippen LogP contribution >= 0.6 is 23.6 Å². The third-order valence-electron chi connectivity index (χ3n) is 3.49. The van der Waals surface area contributed by atoms with Gasteiger partial charge < -0.3 is 10.1 Å². The Bertz CT molecular complexity index is 901. The zero-order valence-electron chi connectivity index (χ0n) is 11.6. The van der Waals surface area contributed by atoms with Gasteiger partial charge in [-0.15, -0.1) is 11.3 Å². The highest BCUT2D eigenvalue weighted by Crippen LogP contribution is 2.28. The minimum Gasteiger partial charge on any atom is -0.457 e. The molecule has 6 nitrogen and oxygen atoms in total. The minimum absolute atomic E-state index is 0.264. The lowest BCUT2D eigenvalue weighted by Crippen LogP contribution is -2.21. The SMILES string of the molecule is O=C1NC(=S)N/C1=C/c1nc(-c2ccc3c(c2)COC3=O)cs1. The molecule has 0 radical (unpaired) electrons. The van der Waals surface area contributed by atoms with Crippen molar-refractivity contribution in [1.82, 2.24) is 15.6 Å². The third kappa shape index (κ3) is 2.51. The first-order valence-corrected chi connectivity index (χ1v) is 7.99. The molecule has 0 unspecified atom stereocenters. The summed E-state index contributed by atoms with van der Waals surface area (Å²) in [5, 5.41) is 8.17. The van der Waals surface area contributed by atoms with Gasteiger partial charge in [-0.25, -0.2) is 9.78 Å². The number of carbonyl (C=O) groups excluding carboxylic acids is 2. The van der Waals surface area contributed by atoms with Gasteiger partial charge in [-0.2, -0.15) is 0 Å². The minimum atomic E-state index is -0.287. The van der Waals surface area contributed by atoms with Crippen molar-refractivity contribution in [3.05, 3.63) is 45.4 Å². The van der Waals surface area contributed by atoms with Crippen molar-refractivity contribution in [3.8, 4) is 11.3 Å². The van der Waals surface area contributed by atoms with Crippen LogP contribution in [-0.2, 0) is 16.1 Å². The molecule has 0 saturated carbocycles. The molecule has 1 saturated heterocycles. The van der Waals surface area contributed by atoms with E-state index in [1.807, 2.05) is 17.5 Å². The maximum atomic E-state index is 11.6. The van der Waals surface area contributed by atoms with Crippen LogP contribution in [0.4, 0.5) is 0 Å². The van der Waals surface area contributed by atoms with E-state index < -0.39 is 0 Å². The zero-order chi connectivity index (χ0) is 16.0. The van der Waals surface area contributed by atoms with Crippen LogP contribution in [0.2, 0.25) is 0 Å². The van der Waals surface area contributed by atoms with E-state index in [9.17, 15) is 9.59 Å². The van der Waals surface area contributed by atoms with E-state index in [1.165, 1.54) is 11.3 Å². The van der Waals surface area contributed by atoms with E-state index in [1.54, 1.807) is 12.1 Å². The van der Waals surface area contributed by atoms with Crippen LogP contribution in [0.15, 0.2) is 29.3 Å². The van der Waals surface area contributed by atoms with E-state index in [4.69, 9.17) is 17.0 Å². The second kappa shape index (κ2) is 5.25. The normalized spacial score (nSPS) is 17.9. The van der Waals surface area contributed by atoms with Gasteiger partial charge in [-0.3, -0.25) is 10.1 Å². The molecule has 0 bridgehead atoms. The van der Waals surface area contributed by atoms with Crippen LogP contribution < -0.4 is 10.6 Å². The Morgan fingerprint density at radius 3 is 2.96 bits per heavy atom. The van der Waals surface area contributed by atoms with Crippen LogP contribution in [0.25, 0.3) is 17.3 Å². The van der Waals surface area contributed by atoms with Gasteiger partial charge in [-0.05, 0) is 24.4 Å². The van der Waals surface area contributed by atoms with Crippen molar-refractivity contribution in [2.75, 3.05) is 0 Å². The van der Waals surface area contributed by atoms with E-state index in [-0.39, 0.29) is 11.9 Å². The van der Waals surface area contributed by atoms with Crippen molar-refractivity contribution in [1.29, 1.82) is 0 Å². The van der Waals surface area contributed by atoms with Crippen molar-refractivity contribution < 1.29 is 14.3 Å². The fraction of sp³-hybridized carbons (Fsp3) is 0.0667. The number of esters is 1. The lowest BCUT2D eigenvalue weighted by atomic mass is 10.0. The van der Waals surface area contributed by atoms with Gasteiger partial charge in [0.05, 0.1) is 11.3 Å². The molecule has 1 amide bonds. The van der Waals surface area contributed by atoms with Gasteiger partial charge >= 0.3 is 5.97 Å². The van der Waals surface area contributed by atoms with Gasteiger partial charge in [0.15, 0.2) is 5.11 Å². The summed E-state index contributed by atoms with van der Waals surface area (Å²) in [6, 6.07) is 5.50. The molecule has 2 aliphatic rings. The predicted molar refractivity (Wildman–Crippen MR) is 88.5 cm³/mol. The van der Waals surface area contributed by atoms with Crippen LogP contribution in [-0.4, -0.2) is 22.0 Å². The second-order valence-corrected chi connectivity index (χ2v) is 6.28. The van der Waals surface area contributed by atoms with E-state index in [0.717, 1.165) is 16.8 Å². The maximum Gasteiger partial charge on any atom is 0.338 e. The highest BCUT2D eigenvalue weighted by Gasteiger charge is 2.22. The van der Waals surface area contributed by atoms with Crippen LogP contribution in [0.1, 0.15) is 20.9 Å². The van der Waals surface area contributed by atoms with E-state index in [0.29, 0.717) is 28.0 Å². The number of aromatic nitrogens is 1. The Hall–Kier alpha value is -2.58. The van der Waals surface area contributed by atoms with Crippen molar-refractivity contribution in [2.24, 2.45) is 0 Å². The molecule has 1 aromatic heterocycles. The molecule has 0 atom stereocenters. The monoisotopic (exact) mass is 343 g/mol. The highest BCUT2D eigenvalue weighted by molar-refractivity contribution is 7.80. The van der Waals surface area contributed by atoms with Crippen LogP contribution in [0.3, 0.4) is 0 Å². The Morgan fingerprint density at radius 2 is 2.17 bits per heavy atom. The number of thiocarbonyl (C=S) groups is 1. The van der Waals surface area contributed by atoms with Crippen molar-refractivity contribution >= 4 is 46.6 Å². The van der Waals surface area contributed by atoms with Gasteiger partial charge in [0.25, 0.3) is 5.91 Å². The molecule has 2 N–H and O–H groups in total. The average Bonchev–Trinajstić information content (AvgIpc) is 3.21. The summed E-state index contributed by atoms with van der Waals surface area (Å²) in [5.41, 5.74) is 3.53. The zero-order valence-corrected chi connectivity index (χ0v) is 13.2. The molecule has 114 valence electrons. The summed E-state index contributed by atoms with van der Waals surface area (Å²) in [7, 11) is 0. The summed E-state index contributed by atoms with van der Waals surface area (Å²) >= 11 is 6.31. The molecule has 23 heavy (non-hydrogen) atoms. The lowest BCUT2D eigenvalue weighted by Gasteiger charge is -1.99.